The minimum atomic E-state index is -4.32. The van der Waals surface area contributed by atoms with Crippen molar-refractivity contribution in [1.29, 1.82) is 0 Å². The lowest BCUT2D eigenvalue weighted by Crippen LogP contribution is -2.04. The Hall–Kier alpha value is -2.87. The van der Waals surface area contributed by atoms with Crippen molar-refractivity contribution in [3.8, 4) is 11.4 Å². The molecule has 0 saturated heterocycles. The highest BCUT2D eigenvalue weighted by molar-refractivity contribution is 7.98. The van der Waals surface area contributed by atoms with E-state index in [2.05, 4.69) is 15.3 Å². The number of benzene rings is 2. The summed E-state index contributed by atoms with van der Waals surface area (Å²) in [6, 6.07) is 18.4. The summed E-state index contributed by atoms with van der Waals surface area (Å²) in [5.41, 5.74) is 1.69. The highest BCUT2D eigenvalue weighted by atomic mass is 32.2. The van der Waals surface area contributed by atoms with Gasteiger partial charge in [0.1, 0.15) is 5.03 Å². The Kier molecular flexibility index (Phi) is 4.57. The van der Waals surface area contributed by atoms with E-state index in [4.69, 9.17) is 0 Å². The zero-order valence-corrected chi connectivity index (χ0v) is 14.7. The van der Waals surface area contributed by atoms with Gasteiger partial charge in [0.25, 0.3) is 0 Å². The number of halogens is 3. The maximum Gasteiger partial charge on any atom is 0.416 e. The maximum atomic E-state index is 12.6. The van der Waals surface area contributed by atoms with Crippen LogP contribution in [0.5, 0.6) is 0 Å². The van der Waals surface area contributed by atoms with E-state index in [-0.39, 0.29) is 0 Å². The van der Waals surface area contributed by atoms with Gasteiger partial charge in [0.05, 0.1) is 5.56 Å². The normalized spacial score (nSPS) is 11.8. The van der Waals surface area contributed by atoms with Crippen molar-refractivity contribution in [2.24, 2.45) is 0 Å². The number of thioether (sulfide) groups is 1. The molecule has 4 nitrogen and oxygen atoms in total. The third-order valence-electron chi connectivity index (χ3n) is 3.94. The van der Waals surface area contributed by atoms with Crippen molar-refractivity contribution >= 4 is 17.4 Å². The number of fused-ring (bicyclic) bond motifs is 1. The number of hydrogen-bond donors (Lipinski definition) is 0. The zero-order valence-electron chi connectivity index (χ0n) is 13.9. The SMILES string of the molecule is FC(F)(F)c1ccc(CSc2ccc3nnc(-c4ccccc4)n3n2)cc1. The molecular weight excluding hydrogens is 373 g/mol. The molecule has 0 aliphatic heterocycles. The molecular formula is C19H13F3N4S. The van der Waals surface area contributed by atoms with Crippen molar-refractivity contribution in [2.75, 3.05) is 0 Å². The van der Waals surface area contributed by atoms with Crippen LogP contribution in [-0.4, -0.2) is 19.8 Å². The van der Waals surface area contributed by atoms with E-state index in [0.29, 0.717) is 17.2 Å². The third-order valence-corrected chi connectivity index (χ3v) is 4.93. The van der Waals surface area contributed by atoms with Crippen LogP contribution in [0.25, 0.3) is 17.0 Å². The van der Waals surface area contributed by atoms with Crippen LogP contribution in [0.3, 0.4) is 0 Å². The van der Waals surface area contributed by atoms with Crippen LogP contribution in [-0.2, 0) is 11.9 Å². The first-order chi connectivity index (χ1) is 13.0. The smallest absolute Gasteiger partial charge is 0.192 e. The number of rotatable bonds is 4. The highest BCUT2D eigenvalue weighted by Crippen LogP contribution is 2.30. The monoisotopic (exact) mass is 386 g/mol. The second kappa shape index (κ2) is 7.03. The molecule has 0 unspecified atom stereocenters. The molecule has 2 aromatic heterocycles. The number of alkyl halides is 3. The van der Waals surface area contributed by atoms with Gasteiger partial charge >= 0.3 is 6.18 Å². The van der Waals surface area contributed by atoms with Crippen molar-refractivity contribution in [1.82, 2.24) is 19.8 Å². The molecule has 0 fully saturated rings. The van der Waals surface area contributed by atoms with Crippen LogP contribution in [0, 0.1) is 0 Å². The number of nitrogens with zero attached hydrogens (tertiary/aromatic N) is 4. The molecule has 4 rings (SSSR count). The first-order valence-corrected chi connectivity index (χ1v) is 9.06. The van der Waals surface area contributed by atoms with E-state index < -0.39 is 11.7 Å². The standard InChI is InChI=1S/C19H13F3N4S/c20-19(21,22)15-8-6-13(7-9-15)12-27-17-11-10-16-23-24-18(26(16)25-17)14-4-2-1-3-5-14/h1-11H,12H2. The Balaban J connectivity index is 1.54. The van der Waals surface area contributed by atoms with E-state index in [1.807, 2.05) is 42.5 Å². The van der Waals surface area contributed by atoms with E-state index >= 15 is 0 Å². The third kappa shape index (κ3) is 3.80. The van der Waals surface area contributed by atoms with Gasteiger partial charge in [-0.15, -0.1) is 10.2 Å². The average Bonchev–Trinajstić information content (AvgIpc) is 3.10. The molecule has 136 valence electrons. The van der Waals surface area contributed by atoms with Crippen molar-refractivity contribution in [3.63, 3.8) is 0 Å². The Morgan fingerprint density at radius 3 is 2.30 bits per heavy atom. The quantitative estimate of drug-likeness (QED) is 0.458. The molecule has 0 aliphatic carbocycles. The van der Waals surface area contributed by atoms with E-state index in [1.165, 1.54) is 23.9 Å². The zero-order chi connectivity index (χ0) is 18.9. The first-order valence-electron chi connectivity index (χ1n) is 8.07. The summed E-state index contributed by atoms with van der Waals surface area (Å²) in [5, 5.41) is 13.6. The fourth-order valence-electron chi connectivity index (χ4n) is 2.56. The highest BCUT2D eigenvalue weighted by Gasteiger charge is 2.29. The van der Waals surface area contributed by atoms with Crippen molar-refractivity contribution < 1.29 is 13.2 Å². The van der Waals surface area contributed by atoms with E-state index in [0.717, 1.165) is 28.3 Å². The van der Waals surface area contributed by atoms with Gasteiger partial charge in [-0.2, -0.15) is 22.8 Å². The molecule has 0 saturated carbocycles. The lowest BCUT2D eigenvalue weighted by atomic mass is 10.1. The van der Waals surface area contributed by atoms with Gasteiger partial charge in [-0.25, -0.2) is 0 Å². The van der Waals surface area contributed by atoms with Crippen LogP contribution >= 0.6 is 11.8 Å². The fraction of sp³-hybridized carbons (Fsp3) is 0.105. The molecule has 0 aliphatic rings. The molecule has 0 atom stereocenters. The summed E-state index contributed by atoms with van der Waals surface area (Å²) in [6.45, 7) is 0. The van der Waals surface area contributed by atoms with Gasteiger partial charge in [-0.1, -0.05) is 54.2 Å². The Labute approximate surface area is 157 Å². The lowest BCUT2D eigenvalue weighted by Gasteiger charge is -2.07. The Morgan fingerprint density at radius 1 is 0.852 bits per heavy atom. The molecule has 0 bridgehead atoms. The Bertz CT molecular complexity index is 1060. The second-order valence-corrected chi connectivity index (χ2v) is 6.81. The summed E-state index contributed by atoms with van der Waals surface area (Å²) in [5.74, 6) is 1.15. The van der Waals surface area contributed by atoms with Crippen LogP contribution in [0.15, 0.2) is 71.8 Å². The van der Waals surface area contributed by atoms with Gasteiger partial charge in [0.15, 0.2) is 11.5 Å². The minimum Gasteiger partial charge on any atom is -0.192 e. The van der Waals surface area contributed by atoms with Gasteiger partial charge in [-0.3, -0.25) is 0 Å². The van der Waals surface area contributed by atoms with Gasteiger partial charge in [-0.05, 0) is 29.8 Å². The fourth-order valence-corrected chi connectivity index (χ4v) is 3.37. The Morgan fingerprint density at radius 2 is 1.59 bits per heavy atom. The summed E-state index contributed by atoms with van der Waals surface area (Å²) in [6.07, 6.45) is -4.32. The molecule has 2 heterocycles. The average molecular weight is 386 g/mol. The summed E-state index contributed by atoms with van der Waals surface area (Å²) >= 11 is 1.44. The topological polar surface area (TPSA) is 43.1 Å². The molecule has 4 aromatic rings. The van der Waals surface area contributed by atoms with Crippen LogP contribution in [0.4, 0.5) is 13.2 Å². The van der Waals surface area contributed by atoms with Crippen LogP contribution in [0.2, 0.25) is 0 Å². The maximum absolute atomic E-state index is 12.6. The second-order valence-electron chi connectivity index (χ2n) is 5.81. The lowest BCUT2D eigenvalue weighted by molar-refractivity contribution is -0.137. The van der Waals surface area contributed by atoms with Gasteiger partial charge in [0.2, 0.25) is 0 Å². The molecule has 2 aromatic carbocycles. The van der Waals surface area contributed by atoms with Gasteiger partial charge < -0.3 is 0 Å². The summed E-state index contributed by atoms with van der Waals surface area (Å²) < 4.78 is 39.6. The number of aromatic nitrogens is 4. The van der Waals surface area contributed by atoms with Crippen molar-refractivity contribution in [3.05, 3.63) is 77.9 Å². The first kappa shape index (κ1) is 17.5. The van der Waals surface area contributed by atoms with E-state index in [9.17, 15) is 13.2 Å². The van der Waals surface area contributed by atoms with Crippen molar-refractivity contribution in [2.45, 2.75) is 17.0 Å². The molecule has 0 amide bonds. The van der Waals surface area contributed by atoms with Crippen LogP contribution < -0.4 is 0 Å². The molecule has 27 heavy (non-hydrogen) atoms. The minimum absolute atomic E-state index is 0.513. The predicted molar refractivity (Wildman–Crippen MR) is 97.2 cm³/mol. The molecule has 8 heteroatoms. The largest absolute Gasteiger partial charge is 0.416 e. The molecule has 0 N–H and O–H groups in total. The van der Waals surface area contributed by atoms with Crippen LogP contribution in [0.1, 0.15) is 11.1 Å². The van der Waals surface area contributed by atoms with Gasteiger partial charge in [0, 0.05) is 11.3 Å². The summed E-state index contributed by atoms with van der Waals surface area (Å²) in [4.78, 5) is 0. The predicted octanol–water partition coefficient (Wildman–Crippen LogP) is 5.10. The number of hydrogen-bond acceptors (Lipinski definition) is 4. The molecule has 0 radical (unpaired) electrons. The summed E-state index contributed by atoms with van der Waals surface area (Å²) in [7, 11) is 0. The van der Waals surface area contributed by atoms with E-state index in [1.54, 1.807) is 4.52 Å². The molecule has 0 spiro atoms.